The number of likely N-dealkylation sites (N-methyl/N-ethyl adjacent to an activating group) is 1. The highest BCUT2D eigenvalue weighted by atomic mass is 32.1. The molecule has 0 saturated carbocycles. The van der Waals surface area contributed by atoms with Gasteiger partial charge in [-0.15, -0.1) is 36.0 Å². The topological polar surface area (TPSA) is 148 Å². The Bertz CT molecular complexity index is 2200. The second-order valence-electron chi connectivity index (χ2n) is 12.6. The van der Waals surface area contributed by atoms with Crippen LogP contribution in [0.3, 0.4) is 0 Å². The molecule has 2 unspecified atom stereocenters. The molecule has 0 radical (unpaired) electrons. The van der Waals surface area contributed by atoms with E-state index in [2.05, 4.69) is 80.5 Å². The fourth-order valence-corrected chi connectivity index (χ4v) is 7.22. The van der Waals surface area contributed by atoms with Gasteiger partial charge in [0.25, 0.3) is 0 Å². The average Bonchev–Trinajstić information content (AvgIpc) is 3.97. The Morgan fingerprint density at radius 2 is 1.72 bits per heavy atom. The first kappa shape index (κ1) is 38.2. The molecule has 3 aromatic heterocycles. The van der Waals surface area contributed by atoms with E-state index in [1.807, 2.05) is 36.9 Å². The Hall–Kier alpha value is -6.05. The first-order valence-electron chi connectivity index (χ1n) is 17.3. The minimum absolute atomic E-state index is 0.0451. The Labute approximate surface area is 313 Å². The molecule has 0 spiro atoms. The van der Waals surface area contributed by atoms with Crippen LogP contribution in [0, 0.1) is 24.7 Å². The van der Waals surface area contributed by atoms with Crippen LogP contribution < -0.4 is 10.6 Å². The van der Waals surface area contributed by atoms with E-state index in [1.54, 1.807) is 23.2 Å². The highest BCUT2D eigenvalue weighted by Gasteiger charge is 2.32. The Morgan fingerprint density at radius 1 is 1.08 bits per heavy atom. The van der Waals surface area contributed by atoms with Crippen LogP contribution in [0.15, 0.2) is 60.8 Å². The van der Waals surface area contributed by atoms with Gasteiger partial charge in [0.1, 0.15) is 17.7 Å². The van der Waals surface area contributed by atoms with Gasteiger partial charge < -0.3 is 35.1 Å². The molecule has 4 heterocycles. The molecule has 2 aromatic carbocycles. The van der Waals surface area contributed by atoms with Crippen molar-refractivity contribution < 1.29 is 19.1 Å². The van der Waals surface area contributed by atoms with Gasteiger partial charge in [0, 0.05) is 35.0 Å². The quantitative estimate of drug-likeness (QED) is 0.109. The van der Waals surface area contributed by atoms with Crippen LogP contribution in [0.25, 0.3) is 42.9 Å². The van der Waals surface area contributed by atoms with Crippen LogP contribution in [-0.2, 0) is 20.9 Å². The first-order chi connectivity index (χ1) is 25.6. The average molecular weight is 733 g/mol. The number of carbonyl (C=O) groups excluding carboxylic acids is 3. The standard InChI is InChI=1S/C37H40N8O4S.C3H4/c1-6-9-27(43-37(48)49-5)36(47)44(7-2)21-33-39-25-13-11-23(18-28(25)40-33)31-15-16-32(50-31)24-12-14-26-29(19-24)42-35(41-26)30-10-8-17-45(30)34(46)20-38-22(3)4;1-3-2/h1,11-16,18-19,27,30,38H,3,7-10,17,20-21H2,2,4-5H3,(H,39,40)(H,41,42)(H,43,48);1H,2H3. The zero-order chi connectivity index (χ0) is 38.1. The van der Waals surface area contributed by atoms with Crippen molar-refractivity contribution in [1.82, 2.24) is 40.4 Å². The number of hydrogen-bond donors (Lipinski definition) is 4. The van der Waals surface area contributed by atoms with E-state index in [-0.39, 0.29) is 37.4 Å². The van der Waals surface area contributed by atoms with Crippen molar-refractivity contribution in [2.24, 2.45) is 0 Å². The van der Waals surface area contributed by atoms with Crippen LogP contribution in [0.1, 0.15) is 57.7 Å². The third kappa shape index (κ3) is 9.07. The van der Waals surface area contributed by atoms with Crippen LogP contribution in [-0.4, -0.2) is 80.4 Å². The molecule has 53 heavy (non-hydrogen) atoms. The van der Waals surface area contributed by atoms with E-state index in [0.717, 1.165) is 67.3 Å². The molecule has 2 atom stereocenters. The lowest BCUT2D eigenvalue weighted by Gasteiger charge is -2.25. The maximum absolute atomic E-state index is 13.2. The second kappa shape index (κ2) is 17.4. The second-order valence-corrected chi connectivity index (χ2v) is 13.6. The summed E-state index contributed by atoms with van der Waals surface area (Å²) < 4.78 is 4.65. The number of rotatable bonds is 12. The first-order valence-corrected chi connectivity index (χ1v) is 18.1. The van der Waals surface area contributed by atoms with E-state index in [4.69, 9.17) is 16.4 Å². The van der Waals surface area contributed by atoms with Gasteiger partial charge in [0.05, 0.1) is 48.3 Å². The lowest BCUT2D eigenvalue weighted by Crippen LogP contribution is -2.48. The Balaban J connectivity index is 0.00000175. The third-order valence-electron chi connectivity index (χ3n) is 8.77. The van der Waals surface area contributed by atoms with E-state index >= 15 is 0 Å². The summed E-state index contributed by atoms with van der Waals surface area (Å²) >= 11 is 1.69. The molecule has 0 aliphatic carbocycles. The SMILES string of the molecule is C#CC.C#CCC(NC(=O)OC)C(=O)N(CC)Cc1nc2ccc(-c3ccc(-c4ccc5nc(C6CCCN6C(=O)CNC(=C)C)[nH]c5c4)s3)cc2[nH]1. The highest BCUT2D eigenvalue weighted by Crippen LogP contribution is 2.37. The number of thiophene rings is 1. The smallest absolute Gasteiger partial charge is 0.407 e. The number of carbonyl (C=O) groups is 3. The van der Waals surface area contributed by atoms with Gasteiger partial charge in [0.2, 0.25) is 11.8 Å². The lowest BCUT2D eigenvalue weighted by molar-refractivity contribution is -0.133. The number of likely N-dealkylation sites (tertiary alicyclic amines) is 1. The molecule has 1 aliphatic heterocycles. The molecule has 4 N–H and O–H groups in total. The molecule has 1 aliphatic rings. The number of benzene rings is 2. The third-order valence-corrected chi connectivity index (χ3v) is 9.95. The number of nitrogens with zero attached hydrogens (tertiary/aromatic N) is 4. The van der Waals surface area contributed by atoms with Gasteiger partial charge in [-0.3, -0.25) is 9.59 Å². The van der Waals surface area contributed by atoms with E-state index < -0.39 is 12.1 Å². The number of nitrogens with one attached hydrogen (secondary N) is 4. The number of methoxy groups -OCH3 is 1. The summed E-state index contributed by atoms with van der Waals surface area (Å²) in [5.74, 6) is 5.87. The van der Waals surface area contributed by atoms with Gasteiger partial charge in [-0.2, -0.15) is 0 Å². The summed E-state index contributed by atoms with van der Waals surface area (Å²) in [6, 6.07) is 15.5. The summed E-state index contributed by atoms with van der Waals surface area (Å²) in [4.78, 5) is 60.0. The van der Waals surface area contributed by atoms with Gasteiger partial charge in [-0.05, 0) is 81.1 Å². The van der Waals surface area contributed by atoms with E-state index in [1.165, 1.54) is 7.11 Å². The number of fused-ring (bicyclic) bond motifs is 2. The monoisotopic (exact) mass is 732 g/mol. The van der Waals surface area contributed by atoms with Crippen LogP contribution in [0.5, 0.6) is 0 Å². The van der Waals surface area contributed by atoms with Crippen LogP contribution >= 0.6 is 11.3 Å². The van der Waals surface area contributed by atoms with Crippen LogP contribution in [0.2, 0.25) is 0 Å². The molecule has 274 valence electrons. The summed E-state index contributed by atoms with van der Waals surface area (Å²) in [7, 11) is 1.24. The number of hydrogen-bond acceptors (Lipinski definition) is 8. The molecule has 1 saturated heterocycles. The largest absolute Gasteiger partial charge is 0.453 e. The van der Waals surface area contributed by atoms with E-state index in [9.17, 15) is 14.4 Å². The van der Waals surface area contributed by atoms with Crippen molar-refractivity contribution in [3.8, 4) is 45.6 Å². The molecular formula is C40H44N8O4S. The molecule has 12 nitrogen and oxygen atoms in total. The van der Waals surface area contributed by atoms with Gasteiger partial charge >= 0.3 is 6.09 Å². The number of imidazole rings is 2. The number of terminal acetylenes is 2. The number of alkyl carbamates (subject to hydrolysis) is 1. The zero-order valence-corrected chi connectivity index (χ0v) is 31.2. The summed E-state index contributed by atoms with van der Waals surface area (Å²) in [6.07, 6.45) is 11.2. The molecule has 3 amide bonds. The molecule has 13 heteroatoms. The van der Waals surface area contributed by atoms with Crippen LogP contribution in [0.4, 0.5) is 4.79 Å². The highest BCUT2D eigenvalue weighted by molar-refractivity contribution is 7.18. The maximum Gasteiger partial charge on any atom is 0.407 e. The number of H-pyrrole nitrogens is 2. The number of aromatic nitrogens is 4. The van der Waals surface area contributed by atoms with Crippen molar-refractivity contribution in [2.45, 2.75) is 58.7 Å². The van der Waals surface area contributed by atoms with Gasteiger partial charge in [0.15, 0.2) is 0 Å². The molecule has 0 bridgehead atoms. The van der Waals surface area contributed by atoms with Gasteiger partial charge in [-0.1, -0.05) is 18.7 Å². The molecule has 6 rings (SSSR count). The van der Waals surface area contributed by atoms with Gasteiger partial charge in [-0.25, -0.2) is 14.8 Å². The fraction of sp³-hybridized carbons (Fsp3) is 0.325. The molecular weight excluding hydrogens is 689 g/mol. The number of aromatic amines is 2. The number of ether oxygens (including phenoxy) is 1. The fourth-order valence-electron chi connectivity index (χ4n) is 6.22. The summed E-state index contributed by atoms with van der Waals surface area (Å²) in [5, 5.41) is 5.56. The van der Waals surface area contributed by atoms with E-state index in [0.29, 0.717) is 18.9 Å². The van der Waals surface area contributed by atoms with Crippen molar-refractivity contribution in [3.63, 3.8) is 0 Å². The summed E-state index contributed by atoms with van der Waals surface area (Å²) in [5.41, 5.74) is 6.33. The predicted octanol–water partition coefficient (Wildman–Crippen LogP) is 6.36. The number of allylic oxidation sites excluding steroid dienone is 1. The minimum Gasteiger partial charge on any atom is -0.453 e. The predicted molar refractivity (Wildman–Crippen MR) is 209 cm³/mol. The number of amides is 3. The van der Waals surface area contributed by atoms with Crippen molar-refractivity contribution in [1.29, 1.82) is 0 Å². The minimum atomic E-state index is -0.893. The lowest BCUT2D eigenvalue weighted by atomic mass is 10.1. The molecule has 5 aromatic rings. The molecule has 1 fully saturated rings. The normalized spacial score (nSPS) is 14.1. The zero-order valence-electron chi connectivity index (χ0n) is 30.4. The maximum atomic E-state index is 13.2. The Morgan fingerprint density at radius 3 is 2.32 bits per heavy atom. The Kier molecular flexibility index (Phi) is 12.6. The summed E-state index contributed by atoms with van der Waals surface area (Å²) in [6.45, 7) is 10.8. The van der Waals surface area contributed by atoms with Crippen molar-refractivity contribution >= 4 is 51.3 Å². The van der Waals surface area contributed by atoms with Crippen molar-refractivity contribution in [2.75, 3.05) is 26.7 Å². The van der Waals surface area contributed by atoms with Crippen molar-refractivity contribution in [3.05, 3.63) is 72.5 Å².